The van der Waals surface area contributed by atoms with Crippen LogP contribution in [0.15, 0.2) is 78.9 Å². The van der Waals surface area contributed by atoms with E-state index in [1.165, 1.54) is 17.4 Å². The van der Waals surface area contributed by atoms with Crippen molar-refractivity contribution in [1.29, 1.82) is 0 Å². The van der Waals surface area contributed by atoms with Gasteiger partial charge in [0, 0.05) is 24.6 Å². The van der Waals surface area contributed by atoms with E-state index in [4.69, 9.17) is 4.74 Å². The molecule has 4 rings (SSSR count). The van der Waals surface area contributed by atoms with Crippen molar-refractivity contribution in [3.05, 3.63) is 101 Å². The second-order valence-corrected chi connectivity index (χ2v) is 10.6. The second kappa shape index (κ2) is 13.9. The van der Waals surface area contributed by atoms with Crippen LogP contribution in [-0.2, 0) is 22.6 Å². The topological polar surface area (TPSA) is 58.6 Å². The highest BCUT2D eigenvalue weighted by Gasteiger charge is 2.32. The van der Waals surface area contributed by atoms with Crippen LogP contribution in [-0.4, -0.2) is 35.4 Å². The molecule has 0 bridgehead atoms. The van der Waals surface area contributed by atoms with Crippen LogP contribution in [0.3, 0.4) is 0 Å². The lowest BCUT2D eigenvalue weighted by atomic mass is 9.94. The third kappa shape index (κ3) is 7.92. The summed E-state index contributed by atoms with van der Waals surface area (Å²) >= 11 is 0. The highest BCUT2D eigenvalue weighted by molar-refractivity contribution is 5.88. The molecule has 1 unspecified atom stereocenters. The molecule has 3 aromatic carbocycles. The Kier molecular flexibility index (Phi) is 10.1. The summed E-state index contributed by atoms with van der Waals surface area (Å²) in [6, 6.07) is 23.0. The van der Waals surface area contributed by atoms with Crippen LogP contribution >= 0.6 is 0 Å². The summed E-state index contributed by atoms with van der Waals surface area (Å²) < 4.78 is 20.8. The van der Waals surface area contributed by atoms with E-state index < -0.39 is 11.9 Å². The van der Waals surface area contributed by atoms with Crippen molar-refractivity contribution in [2.45, 2.75) is 76.9 Å². The number of nitrogens with one attached hydrogen (secondary N) is 1. The van der Waals surface area contributed by atoms with Crippen LogP contribution < -0.4 is 10.1 Å². The molecule has 1 aliphatic rings. The molecule has 2 amide bonds. The highest BCUT2D eigenvalue weighted by atomic mass is 19.1. The van der Waals surface area contributed by atoms with Crippen LogP contribution in [0.25, 0.3) is 0 Å². The summed E-state index contributed by atoms with van der Waals surface area (Å²) in [4.78, 5) is 29.1. The lowest BCUT2D eigenvalue weighted by molar-refractivity contribution is -0.143. The first-order valence-corrected chi connectivity index (χ1v) is 14.0. The molecule has 206 valence electrons. The monoisotopic (exact) mass is 530 g/mol. The SMILES string of the molecule is CC(C)c1ccccc1OCC(=O)N(Cc1ccccc1F)C(Cc1ccccc1)C(=O)NC1CCCCC1. The molecule has 1 fully saturated rings. The van der Waals surface area contributed by atoms with Crippen LogP contribution in [0.4, 0.5) is 4.39 Å². The lowest BCUT2D eigenvalue weighted by Crippen LogP contribution is -2.53. The van der Waals surface area contributed by atoms with Gasteiger partial charge in [0.2, 0.25) is 5.91 Å². The average Bonchev–Trinajstić information content (AvgIpc) is 2.95. The Labute approximate surface area is 231 Å². The van der Waals surface area contributed by atoms with Crippen LogP contribution in [0.5, 0.6) is 5.75 Å². The van der Waals surface area contributed by atoms with Gasteiger partial charge in [-0.2, -0.15) is 0 Å². The van der Waals surface area contributed by atoms with Crippen LogP contribution in [0.1, 0.15) is 68.6 Å². The van der Waals surface area contributed by atoms with E-state index >= 15 is 0 Å². The van der Waals surface area contributed by atoms with Crippen molar-refractivity contribution in [3.63, 3.8) is 0 Å². The van der Waals surface area contributed by atoms with Gasteiger partial charge in [0.05, 0.1) is 0 Å². The Morgan fingerprint density at radius 3 is 2.31 bits per heavy atom. The molecule has 3 aromatic rings. The van der Waals surface area contributed by atoms with Gasteiger partial charge in [-0.1, -0.05) is 99.8 Å². The maximum Gasteiger partial charge on any atom is 0.261 e. The standard InChI is InChI=1S/C33H39FN2O3/c1-24(2)28-18-10-12-20-31(28)39-23-32(37)36(22-26-15-9-11-19-29(26)34)30(21-25-13-5-3-6-14-25)33(38)35-27-16-7-4-8-17-27/h3,5-6,9-15,18-20,24,27,30H,4,7-8,16-17,21-23H2,1-2H3,(H,35,38). The maximum absolute atomic E-state index is 14.8. The number of para-hydroxylation sites is 1. The molecule has 0 spiro atoms. The number of carbonyl (C=O) groups excluding carboxylic acids is 2. The highest BCUT2D eigenvalue weighted by Crippen LogP contribution is 2.26. The molecule has 0 saturated heterocycles. The van der Waals surface area contributed by atoms with Crippen molar-refractivity contribution in [2.24, 2.45) is 0 Å². The predicted octanol–water partition coefficient (Wildman–Crippen LogP) is 6.42. The first-order valence-electron chi connectivity index (χ1n) is 14.0. The Morgan fingerprint density at radius 2 is 1.59 bits per heavy atom. The largest absolute Gasteiger partial charge is 0.483 e. The van der Waals surface area contributed by atoms with Gasteiger partial charge in [0.1, 0.15) is 17.6 Å². The third-order valence-electron chi connectivity index (χ3n) is 7.41. The fourth-order valence-electron chi connectivity index (χ4n) is 5.22. The molecule has 0 aromatic heterocycles. The smallest absolute Gasteiger partial charge is 0.261 e. The fraction of sp³-hybridized carbons (Fsp3) is 0.394. The number of hydrogen-bond acceptors (Lipinski definition) is 3. The summed E-state index contributed by atoms with van der Waals surface area (Å²) in [5.74, 6) is -0.127. The van der Waals surface area contributed by atoms with Crippen molar-refractivity contribution in [1.82, 2.24) is 10.2 Å². The maximum atomic E-state index is 14.8. The van der Waals surface area contributed by atoms with Gasteiger partial charge in [-0.3, -0.25) is 9.59 Å². The summed E-state index contributed by atoms with van der Waals surface area (Å²) in [6.45, 7) is 3.86. The van der Waals surface area contributed by atoms with Gasteiger partial charge < -0.3 is 15.0 Å². The van der Waals surface area contributed by atoms with Gasteiger partial charge in [0.15, 0.2) is 6.61 Å². The number of ether oxygens (including phenoxy) is 1. The summed E-state index contributed by atoms with van der Waals surface area (Å²) in [5, 5.41) is 3.21. The van der Waals surface area contributed by atoms with Gasteiger partial charge in [-0.15, -0.1) is 0 Å². The molecule has 0 heterocycles. The number of nitrogens with zero attached hydrogens (tertiary/aromatic N) is 1. The van der Waals surface area contributed by atoms with E-state index in [-0.39, 0.29) is 36.9 Å². The summed E-state index contributed by atoms with van der Waals surface area (Å²) in [6.07, 6.45) is 5.51. The Morgan fingerprint density at radius 1 is 0.923 bits per heavy atom. The van der Waals surface area contributed by atoms with Gasteiger partial charge in [-0.25, -0.2) is 4.39 Å². The normalized spacial score (nSPS) is 14.6. The molecular formula is C33H39FN2O3. The van der Waals surface area contributed by atoms with E-state index in [0.717, 1.165) is 36.8 Å². The van der Waals surface area contributed by atoms with Crippen molar-refractivity contribution in [3.8, 4) is 5.75 Å². The molecule has 1 N–H and O–H groups in total. The zero-order valence-electron chi connectivity index (χ0n) is 22.9. The minimum atomic E-state index is -0.814. The minimum Gasteiger partial charge on any atom is -0.483 e. The number of amides is 2. The van der Waals surface area contributed by atoms with Crippen LogP contribution in [0.2, 0.25) is 0 Å². The predicted molar refractivity (Wildman–Crippen MR) is 152 cm³/mol. The molecule has 1 aliphatic carbocycles. The molecule has 0 radical (unpaired) electrons. The van der Waals surface area contributed by atoms with E-state index in [1.54, 1.807) is 18.2 Å². The fourth-order valence-corrected chi connectivity index (χ4v) is 5.22. The Balaban J connectivity index is 1.63. The zero-order valence-corrected chi connectivity index (χ0v) is 22.9. The average molecular weight is 531 g/mol. The van der Waals surface area contributed by atoms with E-state index in [9.17, 15) is 14.0 Å². The lowest BCUT2D eigenvalue weighted by Gasteiger charge is -2.33. The van der Waals surface area contributed by atoms with Gasteiger partial charge in [0.25, 0.3) is 5.91 Å². The molecule has 1 saturated carbocycles. The first kappa shape index (κ1) is 28.3. The number of hydrogen-bond donors (Lipinski definition) is 1. The molecular weight excluding hydrogens is 491 g/mol. The number of halogens is 1. The van der Waals surface area contributed by atoms with E-state index in [0.29, 0.717) is 17.7 Å². The van der Waals surface area contributed by atoms with Crippen molar-refractivity contribution >= 4 is 11.8 Å². The number of carbonyl (C=O) groups is 2. The molecule has 1 atom stereocenters. The number of rotatable bonds is 11. The zero-order chi connectivity index (χ0) is 27.6. The summed E-state index contributed by atoms with van der Waals surface area (Å²) in [7, 11) is 0. The Bertz CT molecular complexity index is 1220. The first-order chi connectivity index (χ1) is 18.9. The molecule has 39 heavy (non-hydrogen) atoms. The van der Waals surface area contributed by atoms with E-state index in [1.807, 2.05) is 54.6 Å². The van der Waals surface area contributed by atoms with Crippen molar-refractivity contribution < 1.29 is 18.7 Å². The quantitative estimate of drug-likeness (QED) is 0.311. The summed E-state index contributed by atoms with van der Waals surface area (Å²) in [5.41, 5.74) is 2.29. The molecule has 6 heteroatoms. The molecule has 5 nitrogen and oxygen atoms in total. The second-order valence-electron chi connectivity index (χ2n) is 10.6. The molecule has 0 aliphatic heterocycles. The van der Waals surface area contributed by atoms with E-state index in [2.05, 4.69) is 19.2 Å². The third-order valence-corrected chi connectivity index (χ3v) is 7.41. The minimum absolute atomic E-state index is 0.0315. The van der Waals surface area contributed by atoms with Gasteiger partial charge in [-0.05, 0) is 42.0 Å². The Hall–Kier alpha value is -3.67. The number of benzene rings is 3. The van der Waals surface area contributed by atoms with Crippen molar-refractivity contribution in [2.75, 3.05) is 6.61 Å². The van der Waals surface area contributed by atoms with Crippen LogP contribution in [0, 0.1) is 5.82 Å². The van der Waals surface area contributed by atoms with Gasteiger partial charge >= 0.3 is 0 Å².